The summed E-state index contributed by atoms with van der Waals surface area (Å²) in [5.41, 5.74) is 0.830. The monoisotopic (exact) mass is 372 g/mol. The van der Waals surface area contributed by atoms with Crippen molar-refractivity contribution in [3.05, 3.63) is 30.3 Å². The molecule has 1 atom stereocenters. The Bertz CT molecular complexity index is 606. The highest BCUT2D eigenvalue weighted by Crippen LogP contribution is 2.13. The molecule has 3 rings (SSSR count). The Morgan fingerprint density at radius 3 is 2.19 bits per heavy atom. The summed E-state index contributed by atoms with van der Waals surface area (Å²) in [6, 6.07) is 9.40. The van der Waals surface area contributed by atoms with E-state index in [1.165, 1.54) is 12.8 Å². The van der Waals surface area contributed by atoms with Crippen molar-refractivity contribution in [3.63, 3.8) is 0 Å². The second kappa shape index (κ2) is 9.85. The van der Waals surface area contributed by atoms with Gasteiger partial charge < -0.3 is 10.2 Å². The summed E-state index contributed by atoms with van der Waals surface area (Å²) in [6.07, 6.45) is 4.75. The van der Waals surface area contributed by atoms with Crippen molar-refractivity contribution in [2.75, 3.05) is 51.1 Å². The van der Waals surface area contributed by atoms with Crippen LogP contribution in [0.25, 0.3) is 0 Å². The zero-order valence-corrected chi connectivity index (χ0v) is 16.4. The first-order valence-electron chi connectivity index (χ1n) is 10.2. The van der Waals surface area contributed by atoms with Crippen molar-refractivity contribution in [3.8, 4) is 0 Å². The van der Waals surface area contributed by atoms with Crippen molar-refractivity contribution >= 4 is 17.5 Å². The molecule has 0 radical (unpaired) electrons. The van der Waals surface area contributed by atoms with Crippen LogP contribution < -0.4 is 5.32 Å². The van der Waals surface area contributed by atoms with Gasteiger partial charge in [-0.05, 0) is 31.9 Å². The molecule has 0 spiro atoms. The van der Waals surface area contributed by atoms with Crippen LogP contribution in [0.3, 0.4) is 0 Å². The number of benzene rings is 1. The molecule has 2 aliphatic rings. The van der Waals surface area contributed by atoms with Gasteiger partial charge in [-0.3, -0.25) is 19.4 Å². The first-order valence-corrected chi connectivity index (χ1v) is 10.2. The molecule has 6 nitrogen and oxygen atoms in total. The third-order valence-corrected chi connectivity index (χ3v) is 5.69. The zero-order chi connectivity index (χ0) is 19.1. The lowest BCUT2D eigenvalue weighted by Gasteiger charge is -2.37. The van der Waals surface area contributed by atoms with Gasteiger partial charge in [0.05, 0.1) is 12.6 Å². The highest BCUT2D eigenvalue weighted by molar-refractivity contribution is 5.94. The fraction of sp³-hybridized carbons (Fsp3) is 0.619. The standard InChI is InChI=1S/C21H32N4O2/c1-18(21(27)22-19-9-5-4-6-10-19)24-15-13-23(14-16-24)17-20(26)25-11-7-2-3-8-12-25/h4-6,9-10,18H,2-3,7-8,11-17H2,1H3,(H,22,27). The molecule has 0 aromatic heterocycles. The average molecular weight is 373 g/mol. The SMILES string of the molecule is CC(C(=O)Nc1ccccc1)N1CCN(CC(=O)N2CCCCCC2)CC1. The highest BCUT2D eigenvalue weighted by atomic mass is 16.2. The summed E-state index contributed by atoms with van der Waals surface area (Å²) in [5, 5.41) is 2.98. The van der Waals surface area contributed by atoms with Crippen LogP contribution in [0.15, 0.2) is 30.3 Å². The van der Waals surface area contributed by atoms with E-state index in [2.05, 4.69) is 15.1 Å². The van der Waals surface area contributed by atoms with Crippen LogP contribution in [0.2, 0.25) is 0 Å². The molecule has 0 saturated carbocycles. The van der Waals surface area contributed by atoms with Gasteiger partial charge in [0.2, 0.25) is 11.8 Å². The van der Waals surface area contributed by atoms with E-state index < -0.39 is 0 Å². The molecule has 2 fully saturated rings. The van der Waals surface area contributed by atoms with E-state index in [4.69, 9.17) is 0 Å². The molecule has 1 N–H and O–H groups in total. The molecule has 1 aromatic carbocycles. The van der Waals surface area contributed by atoms with E-state index >= 15 is 0 Å². The number of nitrogens with zero attached hydrogens (tertiary/aromatic N) is 3. The molecule has 2 heterocycles. The Kier molecular flexibility index (Phi) is 7.24. The minimum atomic E-state index is -0.173. The molecular weight excluding hydrogens is 340 g/mol. The predicted molar refractivity (Wildman–Crippen MR) is 108 cm³/mol. The molecule has 0 aliphatic carbocycles. The number of likely N-dealkylation sites (tertiary alicyclic amines) is 1. The Hall–Kier alpha value is -1.92. The van der Waals surface area contributed by atoms with Crippen LogP contribution >= 0.6 is 0 Å². The predicted octanol–water partition coefficient (Wildman–Crippen LogP) is 2.03. The largest absolute Gasteiger partial charge is 0.342 e. The fourth-order valence-corrected chi connectivity index (χ4v) is 3.85. The third kappa shape index (κ3) is 5.78. The van der Waals surface area contributed by atoms with E-state index in [1.807, 2.05) is 42.2 Å². The van der Waals surface area contributed by atoms with E-state index in [1.54, 1.807) is 0 Å². The lowest BCUT2D eigenvalue weighted by atomic mass is 10.2. The number of rotatable bonds is 5. The normalized spacial score (nSPS) is 20.7. The summed E-state index contributed by atoms with van der Waals surface area (Å²) in [4.78, 5) is 31.5. The van der Waals surface area contributed by atoms with Gasteiger partial charge in [0.1, 0.15) is 0 Å². The van der Waals surface area contributed by atoms with Crippen LogP contribution in [-0.2, 0) is 9.59 Å². The molecule has 2 amide bonds. The van der Waals surface area contributed by atoms with Crippen LogP contribution in [-0.4, -0.2) is 78.4 Å². The number of anilines is 1. The molecule has 6 heteroatoms. The van der Waals surface area contributed by atoms with Crippen molar-refractivity contribution in [2.45, 2.75) is 38.6 Å². The summed E-state index contributed by atoms with van der Waals surface area (Å²) in [6.45, 7) is 7.60. The van der Waals surface area contributed by atoms with E-state index in [0.29, 0.717) is 6.54 Å². The second-order valence-corrected chi connectivity index (χ2v) is 7.64. The van der Waals surface area contributed by atoms with Gasteiger partial charge in [-0.25, -0.2) is 0 Å². The fourth-order valence-electron chi connectivity index (χ4n) is 3.85. The topological polar surface area (TPSA) is 55.9 Å². The number of carbonyl (C=O) groups excluding carboxylic acids is 2. The van der Waals surface area contributed by atoms with Crippen LogP contribution in [0, 0.1) is 0 Å². The van der Waals surface area contributed by atoms with Gasteiger partial charge in [-0.15, -0.1) is 0 Å². The number of hydrogen-bond donors (Lipinski definition) is 1. The maximum atomic E-state index is 12.6. The Morgan fingerprint density at radius 2 is 1.56 bits per heavy atom. The third-order valence-electron chi connectivity index (χ3n) is 5.69. The molecule has 1 unspecified atom stereocenters. The zero-order valence-electron chi connectivity index (χ0n) is 16.4. The van der Waals surface area contributed by atoms with Gasteiger partial charge in [0.15, 0.2) is 0 Å². The molecule has 2 aliphatic heterocycles. The molecule has 148 valence electrons. The maximum Gasteiger partial charge on any atom is 0.241 e. The molecule has 2 saturated heterocycles. The van der Waals surface area contributed by atoms with Gasteiger partial charge in [-0.2, -0.15) is 0 Å². The van der Waals surface area contributed by atoms with Gasteiger partial charge in [0.25, 0.3) is 0 Å². The lowest BCUT2D eigenvalue weighted by Crippen LogP contribution is -2.54. The van der Waals surface area contributed by atoms with E-state index in [9.17, 15) is 9.59 Å². The Morgan fingerprint density at radius 1 is 0.926 bits per heavy atom. The minimum Gasteiger partial charge on any atom is -0.342 e. The molecule has 27 heavy (non-hydrogen) atoms. The molecular formula is C21H32N4O2. The minimum absolute atomic E-state index is 0.0234. The lowest BCUT2D eigenvalue weighted by molar-refractivity contribution is -0.133. The molecule has 0 bridgehead atoms. The first kappa shape index (κ1) is 19.8. The van der Waals surface area contributed by atoms with Crippen molar-refractivity contribution in [2.24, 2.45) is 0 Å². The van der Waals surface area contributed by atoms with E-state index in [-0.39, 0.29) is 17.9 Å². The van der Waals surface area contributed by atoms with Crippen LogP contribution in [0.5, 0.6) is 0 Å². The average Bonchev–Trinajstić information content (AvgIpc) is 2.98. The summed E-state index contributed by atoms with van der Waals surface area (Å²) in [5.74, 6) is 0.288. The summed E-state index contributed by atoms with van der Waals surface area (Å²) in [7, 11) is 0. The number of para-hydroxylation sites is 1. The van der Waals surface area contributed by atoms with Crippen LogP contribution in [0.4, 0.5) is 5.69 Å². The number of carbonyl (C=O) groups is 2. The number of amides is 2. The number of nitrogens with one attached hydrogen (secondary N) is 1. The smallest absolute Gasteiger partial charge is 0.241 e. The number of piperazine rings is 1. The van der Waals surface area contributed by atoms with E-state index in [0.717, 1.165) is 57.8 Å². The Labute approximate surface area is 162 Å². The van der Waals surface area contributed by atoms with Crippen molar-refractivity contribution < 1.29 is 9.59 Å². The van der Waals surface area contributed by atoms with Gasteiger partial charge >= 0.3 is 0 Å². The first-order chi connectivity index (χ1) is 13.1. The summed E-state index contributed by atoms with van der Waals surface area (Å²) >= 11 is 0. The van der Waals surface area contributed by atoms with Crippen molar-refractivity contribution in [1.82, 2.24) is 14.7 Å². The van der Waals surface area contributed by atoms with Crippen LogP contribution in [0.1, 0.15) is 32.6 Å². The number of hydrogen-bond acceptors (Lipinski definition) is 4. The summed E-state index contributed by atoms with van der Waals surface area (Å²) < 4.78 is 0. The Balaban J connectivity index is 1.42. The highest BCUT2D eigenvalue weighted by Gasteiger charge is 2.27. The quantitative estimate of drug-likeness (QED) is 0.859. The maximum absolute atomic E-state index is 12.6. The molecule has 1 aromatic rings. The second-order valence-electron chi connectivity index (χ2n) is 7.64. The van der Waals surface area contributed by atoms with Gasteiger partial charge in [-0.1, -0.05) is 31.0 Å². The van der Waals surface area contributed by atoms with Crippen molar-refractivity contribution in [1.29, 1.82) is 0 Å². The van der Waals surface area contributed by atoms with Gasteiger partial charge in [0, 0.05) is 45.0 Å².